The van der Waals surface area contributed by atoms with Crippen molar-refractivity contribution in [1.29, 1.82) is 0 Å². The van der Waals surface area contributed by atoms with Gasteiger partial charge in [0.25, 0.3) is 5.91 Å². The number of hydrogen-bond donors (Lipinski definition) is 0. The molecule has 0 unspecified atom stereocenters. The molecule has 0 bridgehead atoms. The lowest BCUT2D eigenvalue weighted by Crippen LogP contribution is -2.22. The molecule has 3 aromatic rings. The van der Waals surface area contributed by atoms with E-state index in [4.69, 9.17) is 0 Å². The first kappa shape index (κ1) is 14.7. The second-order valence-corrected chi connectivity index (χ2v) is 5.76. The summed E-state index contributed by atoms with van der Waals surface area (Å²) in [5.74, 6) is -0.213. The van der Waals surface area contributed by atoms with Crippen molar-refractivity contribution in [1.82, 2.24) is 4.57 Å². The first-order chi connectivity index (χ1) is 11.5. The summed E-state index contributed by atoms with van der Waals surface area (Å²) in [6.07, 6.45) is 1.96. The number of halogens is 2. The van der Waals surface area contributed by atoms with E-state index in [0.717, 1.165) is 22.2 Å². The Kier molecular flexibility index (Phi) is 3.26. The standard InChI is InChI=1S/C18H14F2N2O2/c1-21-7-6-11-2-4-13(8-16(11)21)22-10-12-3-5-14(24-18(19)20)9-15(12)17(22)23/h2-9,18H,10H2,1H3. The third-order valence-electron chi connectivity index (χ3n) is 4.29. The normalized spacial score (nSPS) is 13.8. The maximum Gasteiger partial charge on any atom is 0.387 e. The van der Waals surface area contributed by atoms with Crippen molar-refractivity contribution >= 4 is 22.5 Å². The number of alkyl halides is 2. The molecule has 0 atom stereocenters. The van der Waals surface area contributed by atoms with E-state index in [9.17, 15) is 13.6 Å². The van der Waals surface area contributed by atoms with Crippen LogP contribution in [0.4, 0.5) is 14.5 Å². The molecule has 1 amide bonds. The summed E-state index contributed by atoms with van der Waals surface area (Å²) in [6.45, 7) is -2.49. The van der Waals surface area contributed by atoms with E-state index in [1.54, 1.807) is 11.0 Å². The van der Waals surface area contributed by atoms with Gasteiger partial charge < -0.3 is 14.2 Å². The second kappa shape index (κ2) is 5.33. The Hall–Kier alpha value is -2.89. The van der Waals surface area contributed by atoms with E-state index in [-0.39, 0.29) is 11.7 Å². The van der Waals surface area contributed by atoms with Crippen LogP contribution in [0.5, 0.6) is 5.75 Å². The van der Waals surface area contributed by atoms with Crippen LogP contribution in [0.15, 0.2) is 48.7 Å². The number of fused-ring (bicyclic) bond motifs is 2. The minimum atomic E-state index is -2.91. The van der Waals surface area contributed by atoms with E-state index in [0.29, 0.717) is 12.1 Å². The smallest absolute Gasteiger partial charge is 0.387 e. The van der Waals surface area contributed by atoms with Crippen LogP contribution in [0, 0.1) is 0 Å². The quantitative estimate of drug-likeness (QED) is 0.730. The van der Waals surface area contributed by atoms with Gasteiger partial charge in [-0.15, -0.1) is 0 Å². The number of hydrogen-bond acceptors (Lipinski definition) is 2. The summed E-state index contributed by atoms with van der Waals surface area (Å²) in [7, 11) is 1.95. The molecule has 1 aromatic heterocycles. The number of aryl methyl sites for hydroxylation is 1. The van der Waals surface area contributed by atoms with Gasteiger partial charge in [-0.3, -0.25) is 4.79 Å². The molecule has 4 rings (SSSR count). The molecule has 24 heavy (non-hydrogen) atoms. The highest BCUT2D eigenvalue weighted by Crippen LogP contribution is 2.32. The molecule has 4 nitrogen and oxygen atoms in total. The third kappa shape index (κ3) is 2.31. The van der Waals surface area contributed by atoms with Crippen LogP contribution >= 0.6 is 0 Å². The summed E-state index contributed by atoms with van der Waals surface area (Å²) in [5.41, 5.74) is 3.01. The highest BCUT2D eigenvalue weighted by atomic mass is 19.3. The van der Waals surface area contributed by atoms with E-state index in [1.807, 2.05) is 42.1 Å². The molecule has 0 N–H and O–H groups in total. The van der Waals surface area contributed by atoms with Crippen molar-refractivity contribution in [3.8, 4) is 5.75 Å². The fourth-order valence-corrected chi connectivity index (χ4v) is 3.08. The predicted octanol–water partition coefficient (Wildman–Crippen LogP) is 3.94. The van der Waals surface area contributed by atoms with Gasteiger partial charge in [0.1, 0.15) is 5.75 Å². The van der Waals surface area contributed by atoms with Gasteiger partial charge >= 0.3 is 6.61 Å². The number of amides is 1. The lowest BCUT2D eigenvalue weighted by atomic mass is 10.1. The molecule has 1 aliphatic heterocycles. The number of carbonyl (C=O) groups is 1. The zero-order chi connectivity index (χ0) is 16.8. The summed E-state index contributed by atoms with van der Waals surface area (Å²) < 4.78 is 31.1. The van der Waals surface area contributed by atoms with Gasteiger partial charge in [0.15, 0.2) is 0 Å². The number of aromatic nitrogens is 1. The molecule has 0 radical (unpaired) electrons. The Morgan fingerprint density at radius 1 is 1.12 bits per heavy atom. The highest BCUT2D eigenvalue weighted by molar-refractivity contribution is 6.10. The van der Waals surface area contributed by atoms with Crippen LogP contribution in [0.3, 0.4) is 0 Å². The van der Waals surface area contributed by atoms with Gasteiger partial charge in [0.2, 0.25) is 0 Å². The fourth-order valence-electron chi connectivity index (χ4n) is 3.08. The molecule has 6 heteroatoms. The third-order valence-corrected chi connectivity index (χ3v) is 4.29. The number of carbonyl (C=O) groups excluding carboxylic acids is 1. The largest absolute Gasteiger partial charge is 0.435 e. The monoisotopic (exact) mass is 328 g/mol. The van der Waals surface area contributed by atoms with Crippen LogP contribution in [0.1, 0.15) is 15.9 Å². The van der Waals surface area contributed by atoms with Crippen molar-refractivity contribution in [3.05, 3.63) is 59.8 Å². The van der Waals surface area contributed by atoms with Crippen LogP contribution in [0.25, 0.3) is 10.9 Å². The van der Waals surface area contributed by atoms with Gasteiger partial charge in [0.05, 0.1) is 6.54 Å². The maximum absolute atomic E-state index is 12.7. The molecule has 0 saturated carbocycles. The van der Waals surface area contributed by atoms with Crippen LogP contribution in [-0.2, 0) is 13.6 Å². The van der Waals surface area contributed by atoms with Crippen LogP contribution in [0.2, 0.25) is 0 Å². The van der Waals surface area contributed by atoms with E-state index < -0.39 is 6.61 Å². The number of nitrogens with zero attached hydrogens (tertiary/aromatic N) is 2. The lowest BCUT2D eigenvalue weighted by molar-refractivity contribution is -0.0498. The van der Waals surface area contributed by atoms with Gasteiger partial charge in [0, 0.05) is 30.0 Å². The number of benzene rings is 2. The second-order valence-electron chi connectivity index (χ2n) is 5.76. The maximum atomic E-state index is 12.7. The molecular formula is C18H14F2N2O2. The van der Waals surface area contributed by atoms with Gasteiger partial charge in [-0.1, -0.05) is 12.1 Å². The minimum Gasteiger partial charge on any atom is -0.435 e. The zero-order valence-electron chi connectivity index (χ0n) is 12.9. The van der Waals surface area contributed by atoms with E-state index in [1.165, 1.54) is 12.1 Å². The Balaban J connectivity index is 1.69. The SMILES string of the molecule is Cn1ccc2ccc(N3Cc4ccc(OC(F)F)cc4C3=O)cc21. The molecule has 1 aliphatic rings. The van der Waals surface area contributed by atoms with Crippen molar-refractivity contribution in [2.24, 2.45) is 7.05 Å². The Bertz CT molecular complexity index is 949. The fraction of sp³-hybridized carbons (Fsp3) is 0.167. The molecule has 0 aliphatic carbocycles. The molecule has 0 fully saturated rings. The summed E-state index contributed by atoms with van der Waals surface area (Å²) in [6, 6.07) is 12.3. The Labute approximate surface area is 136 Å². The molecular weight excluding hydrogens is 314 g/mol. The molecule has 0 spiro atoms. The van der Waals surface area contributed by atoms with Gasteiger partial charge in [-0.2, -0.15) is 8.78 Å². The number of rotatable bonds is 3. The average molecular weight is 328 g/mol. The van der Waals surface area contributed by atoms with Gasteiger partial charge in [-0.05, 0) is 41.3 Å². The highest BCUT2D eigenvalue weighted by Gasteiger charge is 2.29. The topological polar surface area (TPSA) is 34.5 Å². The van der Waals surface area contributed by atoms with Crippen molar-refractivity contribution in [2.75, 3.05) is 4.90 Å². The summed E-state index contributed by atoms with van der Waals surface area (Å²) in [4.78, 5) is 14.3. The van der Waals surface area contributed by atoms with Crippen LogP contribution < -0.4 is 9.64 Å². The Morgan fingerprint density at radius 3 is 2.75 bits per heavy atom. The summed E-state index contributed by atoms with van der Waals surface area (Å²) >= 11 is 0. The number of anilines is 1. The number of ether oxygens (including phenoxy) is 1. The molecule has 122 valence electrons. The minimum absolute atomic E-state index is 0.00293. The van der Waals surface area contributed by atoms with E-state index in [2.05, 4.69) is 4.74 Å². The van der Waals surface area contributed by atoms with Crippen molar-refractivity contribution in [3.63, 3.8) is 0 Å². The first-order valence-corrected chi connectivity index (χ1v) is 7.47. The lowest BCUT2D eigenvalue weighted by Gasteiger charge is -2.16. The average Bonchev–Trinajstić information content (AvgIpc) is 3.08. The van der Waals surface area contributed by atoms with Crippen molar-refractivity contribution < 1.29 is 18.3 Å². The van der Waals surface area contributed by atoms with Crippen molar-refractivity contribution in [2.45, 2.75) is 13.2 Å². The zero-order valence-corrected chi connectivity index (χ0v) is 12.9. The molecule has 2 heterocycles. The predicted molar refractivity (Wildman–Crippen MR) is 86.5 cm³/mol. The first-order valence-electron chi connectivity index (χ1n) is 7.47. The van der Waals surface area contributed by atoms with E-state index >= 15 is 0 Å². The molecule has 0 saturated heterocycles. The molecule has 2 aromatic carbocycles. The summed E-state index contributed by atoms with van der Waals surface area (Å²) in [5, 5.41) is 1.10. The van der Waals surface area contributed by atoms with Gasteiger partial charge in [-0.25, -0.2) is 0 Å². The van der Waals surface area contributed by atoms with Crippen LogP contribution in [-0.4, -0.2) is 17.1 Å². The Morgan fingerprint density at radius 2 is 1.96 bits per heavy atom.